The van der Waals surface area contributed by atoms with E-state index in [1.807, 2.05) is 44.3 Å². The summed E-state index contributed by atoms with van der Waals surface area (Å²) in [5, 5.41) is 13.9. The van der Waals surface area contributed by atoms with Gasteiger partial charge in [-0.1, -0.05) is 0 Å². The molecule has 8 nitrogen and oxygen atoms in total. The van der Waals surface area contributed by atoms with Crippen LogP contribution in [0.5, 0.6) is 0 Å². The molecule has 31 heavy (non-hydrogen) atoms. The van der Waals surface area contributed by atoms with Crippen LogP contribution in [0, 0.1) is 12.8 Å². The Bertz CT molecular complexity index is 1050. The van der Waals surface area contributed by atoms with Gasteiger partial charge in [0.25, 0.3) is 0 Å². The number of anilines is 4. The van der Waals surface area contributed by atoms with Crippen molar-refractivity contribution in [1.29, 1.82) is 0 Å². The molecule has 1 aromatic carbocycles. The van der Waals surface area contributed by atoms with Crippen LogP contribution in [-0.2, 0) is 4.79 Å². The average molecular weight is 438 g/mol. The number of aromatic nitrogens is 4. The van der Waals surface area contributed by atoms with Crippen LogP contribution >= 0.6 is 11.8 Å². The highest BCUT2D eigenvalue weighted by molar-refractivity contribution is 7.99. The van der Waals surface area contributed by atoms with Gasteiger partial charge in [0.1, 0.15) is 11.6 Å². The highest BCUT2D eigenvalue weighted by Crippen LogP contribution is 2.33. The van der Waals surface area contributed by atoms with Gasteiger partial charge in [0.05, 0.1) is 0 Å². The Kier molecular flexibility index (Phi) is 6.13. The van der Waals surface area contributed by atoms with E-state index in [9.17, 15) is 4.79 Å². The number of H-pyrrole nitrogens is 1. The van der Waals surface area contributed by atoms with Gasteiger partial charge >= 0.3 is 0 Å². The lowest BCUT2D eigenvalue weighted by atomic mass is 10.2. The maximum absolute atomic E-state index is 12.0. The van der Waals surface area contributed by atoms with Gasteiger partial charge in [-0.05, 0) is 69.6 Å². The molecule has 1 aliphatic carbocycles. The van der Waals surface area contributed by atoms with Crippen LogP contribution < -0.4 is 15.5 Å². The lowest BCUT2D eigenvalue weighted by Gasteiger charge is -2.25. The largest absolute Gasteiger partial charge is 0.357 e. The highest BCUT2D eigenvalue weighted by Gasteiger charge is 2.29. The summed E-state index contributed by atoms with van der Waals surface area (Å²) in [6, 6.07) is 9.93. The van der Waals surface area contributed by atoms with Crippen LogP contribution in [0.3, 0.4) is 0 Å². The minimum absolute atomic E-state index is 0.109. The molecule has 2 aromatic heterocycles. The molecule has 0 aliphatic heterocycles. The van der Waals surface area contributed by atoms with Gasteiger partial charge in [0.2, 0.25) is 5.91 Å². The molecular formula is C22H27N7OS. The summed E-state index contributed by atoms with van der Waals surface area (Å²) in [6.07, 6.45) is 3.75. The minimum atomic E-state index is 0.109. The van der Waals surface area contributed by atoms with Crippen molar-refractivity contribution in [2.24, 2.45) is 5.92 Å². The van der Waals surface area contributed by atoms with Crippen LogP contribution in [0.2, 0.25) is 0 Å². The Labute approximate surface area is 186 Å². The molecule has 3 aromatic rings. The van der Waals surface area contributed by atoms with E-state index in [0.717, 1.165) is 40.6 Å². The number of amides is 1. The standard InChI is InChI=1S/C22H27N7OS/c1-13(2)29(4)20-14(3)19(25-18-11-12-23-28-18)26-22(27-20)31-17-9-7-16(8-10-17)24-21(30)15-5-6-15/h7-13,15H,5-6H2,1-4H3,(H,24,30)(H2,23,25,26,27,28). The topological polar surface area (TPSA) is 98.8 Å². The third-order valence-corrected chi connectivity index (χ3v) is 6.11. The van der Waals surface area contributed by atoms with Crippen molar-refractivity contribution in [2.45, 2.75) is 49.7 Å². The fraction of sp³-hybridized carbons (Fsp3) is 0.364. The predicted octanol–water partition coefficient (Wildman–Crippen LogP) is 4.60. The van der Waals surface area contributed by atoms with Crippen LogP contribution in [0.15, 0.2) is 46.6 Å². The van der Waals surface area contributed by atoms with Gasteiger partial charge in [-0.3, -0.25) is 9.89 Å². The third kappa shape index (κ3) is 5.16. The van der Waals surface area contributed by atoms with Crippen molar-refractivity contribution in [3.63, 3.8) is 0 Å². The molecule has 0 unspecified atom stereocenters. The Morgan fingerprint density at radius 1 is 1.19 bits per heavy atom. The molecule has 1 aliphatic rings. The SMILES string of the molecule is Cc1c(Nc2cc[nH]n2)nc(Sc2ccc(NC(=O)C3CC3)cc2)nc1N(C)C(C)C. The van der Waals surface area contributed by atoms with Gasteiger partial charge in [-0.15, -0.1) is 0 Å². The predicted molar refractivity (Wildman–Crippen MR) is 124 cm³/mol. The number of rotatable bonds is 8. The van der Waals surface area contributed by atoms with E-state index < -0.39 is 0 Å². The maximum atomic E-state index is 12.0. The first-order valence-corrected chi connectivity index (χ1v) is 11.2. The summed E-state index contributed by atoms with van der Waals surface area (Å²) >= 11 is 1.48. The van der Waals surface area contributed by atoms with E-state index in [2.05, 4.69) is 39.6 Å². The van der Waals surface area contributed by atoms with Crippen molar-refractivity contribution >= 4 is 40.8 Å². The molecule has 0 atom stereocenters. The molecule has 0 spiro atoms. The number of hydrogen-bond donors (Lipinski definition) is 3. The van der Waals surface area contributed by atoms with Crippen molar-refractivity contribution in [3.05, 3.63) is 42.1 Å². The van der Waals surface area contributed by atoms with Crippen LogP contribution in [0.4, 0.5) is 23.1 Å². The average Bonchev–Trinajstić information content (AvgIpc) is 3.48. The second-order valence-electron chi connectivity index (χ2n) is 7.98. The fourth-order valence-electron chi connectivity index (χ4n) is 2.99. The number of benzene rings is 1. The number of hydrogen-bond acceptors (Lipinski definition) is 7. The summed E-state index contributed by atoms with van der Waals surface area (Å²) in [5.74, 6) is 2.59. The Hall–Kier alpha value is -3.07. The molecule has 0 saturated heterocycles. The Morgan fingerprint density at radius 2 is 1.94 bits per heavy atom. The molecular weight excluding hydrogens is 410 g/mol. The first kappa shape index (κ1) is 21.2. The minimum Gasteiger partial charge on any atom is -0.357 e. The monoisotopic (exact) mass is 437 g/mol. The highest BCUT2D eigenvalue weighted by atomic mass is 32.2. The van der Waals surface area contributed by atoms with Gasteiger partial charge in [0, 0.05) is 47.4 Å². The lowest BCUT2D eigenvalue weighted by molar-refractivity contribution is -0.117. The second-order valence-corrected chi connectivity index (χ2v) is 9.02. The van der Waals surface area contributed by atoms with Crippen LogP contribution in [-0.4, -0.2) is 39.2 Å². The first-order chi connectivity index (χ1) is 14.9. The molecule has 0 radical (unpaired) electrons. The summed E-state index contributed by atoms with van der Waals surface area (Å²) in [4.78, 5) is 24.6. The van der Waals surface area contributed by atoms with Crippen molar-refractivity contribution in [2.75, 3.05) is 22.6 Å². The molecule has 9 heteroatoms. The fourth-order valence-corrected chi connectivity index (χ4v) is 3.74. The quantitative estimate of drug-likeness (QED) is 0.443. The first-order valence-electron chi connectivity index (χ1n) is 10.4. The lowest BCUT2D eigenvalue weighted by Crippen LogP contribution is -2.28. The zero-order chi connectivity index (χ0) is 22.0. The number of aromatic amines is 1. The molecule has 0 bridgehead atoms. The Balaban J connectivity index is 1.57. The van der Waals surface area contributed by atoms with Gasteiger partial charge < -0.3 is 15.5 Å². The number of carbonyl (C=O) groups is 1. The molecule has 3 N–H and O–H groups in total. The van der Waals surface area contributed by atoms with Crippen LogP contribution in [0.25, 0.3) is 0 Å². The maximum Gasteiger partial charge on any atom is 0.227 e. The van der Waals surface area contributed by atoms with Gasteiger partial charge in [0.15, 0.2) is 11.0 Å². The second kappa shape index (κ2) is 8.97. The molecule has 162 valence electrons. The van der Waals surface area contributed by atoms with E-state index in [1.54, 1.807) is 6.20 Å². The summed E-state index contributed by atoms with van der Waals surface area (Å²) < 4.78 is 0. The molecule has 1 amide bonds. The summed E-state index contributed by atoms with van der Waals surface area (Å²) in [7, 11) is 2.03. The zero-order valence-corrected chi connectivity index (χ0v) is 19.0. The molecule has 2 heterocycles. The smallest absolute Gasteiger partial charge is 0.227 e. The zero-order valence-electron chi connectivity index (χ0n) is 18.1. The van der Waals surface area contributed by atoms with Gasteiger partial charge in [-0.2, -0.15) is 5.10 Å². The molecule has 1 fully saturated rings. The number of nitrogens with zero attached hydrogens (tertiary/aromatic N) is 4. The van der Waals surface area contributed by atoms with E-state index in [0.29, 0.717) is 17.0 Å². The summed E-state index contributed by atoms with van der Waals surface area (Å²) in [6.45, 7) is 6.27. The van der Waals surface area contributed by atoms with E-state index >= 15 is 0 Å². The van der Waals surface area contributed by atoms with E-state index in [4.69, 9.17) is 9.97 Å². The van der Waals surface area contributed by atoms with Crippen molar-refractivity contribution in [3.8, 4) is 0 Å². The van der Waals surface area contributed by atoms with E-state index in [-0.39, 0.29) is 11.8 Å². The number of nitrogens with one attached hydrogen (secondary N) is 3. The van der Waals surface area contributed by atoms with Gasteiger partial charge in [-0.25, -0.2) is 9.97 Å². The normalized spacial score (nSPS) is 13.3. The summed E-state index contributed by atoms with van der Waals surface area (Å²) in [5.41, 5.74) is 1.77. The van der Waals surface area contributed by atoms with Crippen molar-refractivity contribution in [1.82, 2.24) is 20.2 Å². The molecule has 1 saturated carbocycles. The number of carbonyl (C=O) groups excluding carboxylic acids is 1. The third-order valence-electron chi connectivity index (χ3n) is 5.23. The molecule has 4 rings (SSSR count). The Morgan fingerprint density at radius 3 is 2.55 bits per heavy atom. The van der Waals surface area contributed by atoms with Crippen molar-refractivity contribution < 1.29 is 4.79 Å². The van der Waals surface area contributed by atoms with E-state index in [1.165, 1.54) is 11.8 Å². The van der Waals surface area contributed by atoms with Crippen LogP contribution in [0.1, 0.15) is 32.3 Å².